The third kappa shape index (κ3) is 2.85. The molecule has 1 aliphatic rings. The zero-order valence-corrected chi connectivity index (χ0v) is 11.8. The number of rotatable bonds is 4. The molecule has 0 saturated carbocycles. The minimum Gasteiger partial charge on any atom is -0.378 e. The Bertz CT molecular complexity index is 364. The summed E-state index contributed by atoms with van der Waals surface area (Å²) >= 11 is 0. The second-order valence-electron chi connectivity index (χ2n) is 5.53. The number of nitrogens with two attached hydrogens (primary N) is 1. The van der Waals surface area contributed by atoms with Crippen molar-refractivity contribution in [3.63, 3.8) is 0 Å². The fourth-order valence-electron chi connectivity index (χ4n) is 2.84. The summed E-state index contributed by atoms with van der Waals surface area (Å²) < 4.78 is 0. The van der Waals surface area contributed by atoms with E-state index in [2.05, 4.69) is 55.1 Å². The minimum atomic E-state index is 0.174. The fraction of sp³-hybridized carbons (Fsp3) is 0.600. The van der Waals surface area contributed by atoms with Crippen LogP contribution in [0.5, 0.6) is 0 Å². The predicted octanol–water partition coefficient (Wildman–Crippen LogP) is 2.24. The highest BCUT2D eigenvalue weighted by Crippen LogP contribution is 2.28. The van der Waals surface area contributed by atoms with Crippen molar-refractivity contribution in [3.05, 3.63) is 29.8 Å². The van der Waals surface area contributed by atoms with Crippen molar-refractivity contribution in [2.24, 2.45) is 5.73 Å². The molecular formula is C15H25N3. The maximum Gasteiger partial charge on any atom is 0.0496 e. The Kier molecular flexibility index (Phi) is 4.25. The van der Waals surface area contributed by atoms with Crippen LogP contribution < -0.4 is 10.6 Å². The molecule has 0 spiro atoms. The topological polar surface area (TPSA) is 32.5 Å². The molecule has 3 heteroatoms. The number of benzene rings is 1. The molecule has 1 aromatic carbocycles. The summed E-state index contributed by atoms with van der Waals surface area (Å²) in [6.45, 7) is 4.48. The SMILES string of the molecule is CC(N)C(c1ccc(N(C)C)cc1)N1CCCC1. The highest BCUT2D eigenvalue weighted by Gasteiger charge is 2.26. The molecule has 2 N–H and O–H groups in total. The van der Waals surface area contributed by atoms with Gasteiger partial charge < -0.3 is 10.6 Å². The number of hydrogen-bond donors (Lipinski definition) is 1. The monoisotopic (exact) mass is 247 g/mol. The van der Waals surface area contributed by atoms with Gasteiger partial charge in [-0.1, -0.05) is 12.1 Å². The first-order valence-electron chi connectivity index (χ1n) is 6.86. The number of nitrogens with zero attached hydrogens (tertiary/aromatic N) is 2. The molecule has 2 unspecified atom stereocenters. The Morgan fingerprint density at radius 3 is 2.11 bits per heavy atom. The quantitative estimate of drug-likeness (QED) is 0.885. The average Bonchev–Trinajstić information content (AvgIpc) is 2.83. The van der Waals surface area contributed by atoms with E-state index in [1.807, 2.05) is 0 Å². The molecule has 1 aliphatic heterocycles. The van der Waals surface area contributed by atoms with Crippen LogP contribution in [0.4, 0.5) is 5.69 Å². The summed E-state index contributed by atoms with van der Waals surface area (Å²) in [4.78, 5) is 4.65. The lowest BCUT2D eigenvalue weighted by molar-refractivity contribution is 0.219. The molecule has 1 saturated heterocycles. The van der Waals surface area contributed by atoms with Gasteiger partial charge in [-0.2, -0.15) is 0 Å². The highest BCUT2D eigenvalue weighted by molar-refractivity contribution is 5.46. The normalized spacial score (nSPS) is 19.8. The largest absolute Gasteiger partial charge is 0.378 e. The lowest BCUT2D eigenvalue weighted by atomic mass is 9.99. The first kappa shape index (κ1) is 13.4. The van der Waals surface area contributed by atoms with Gasteiger partial charge in [-0.25, -0.2) is 0 Å². The zero-order chi connectivity index (χ0) is 13.1. The van der Waals surface area contributed by atoms with Crippen LogP contribution in [0.25, 0.3) is 0 Å². The van der Waals surface area contributed by atoms with E-state index in [4.69, 9.17) is 5.73 Å². The van der Waals surface area contributed by atoms with Crippen LogP contribution in [0, 0.1) is 0 Å². The van der Waals surface area contributed by atoms with Crippen molar-refractivity contribution < 1.29 is 0 Å². The van der Waals surface area contributed by atoms with Gasteiger partial charge in [0.1, 0.15) is 0 Å². The van der Waals surface area contributed by atoms with Crippen molar-refractivity contribution in [2.75, 3.05) is 32.1 Å². The van der Waals surface area contributed by atoms with Crippen molar-refractivity contribution in [1.29, 1.82) is 0 Å². The molecule has 1 fully saturated rings. The molecule has 2 atom stereocenters. The lowest BCUT2D eigenvalue weighted by Gasteiger charge is -2.31. The third-order valence-corrected chi connectivity index (χ3v) is 3.78. The Morgan fingerprint density at radius 1 is 1.11 bits per heavy atom. The summed E-state index contributed by atoms with van der Waals surface area (Å²) in [6.07, 6.45) is 2.61. The summed E-state index contributed by atoms with van der Waals surface area (Å²) in [5.74, 6) is 0. The molecule has 1 aromatic rings. The third-order valence-electron chi connectivity index (χ3n) is 3.78. The highest BCUT2D eigenvalue weighted by atomic mass is 15.2. The van der Waals surface area contributed by atoms with Crippen LogP contribution in [0.3, 0.4) is 0 Å². The molecule has 0 radical (unpaired) electrons. The average molecular weight is 247 g/mol. The van der Waals surface area contributed by atoms with Crippen LogP contribution in [0.15, 0.2) is 24.3 Å². The summed E-state index contributed by atoms with van der Waals surface area (Å²) in [6, 6.07) is 9.35. The van der Waals surface area contributed by atoms with Crippen LogP contribution in [-0.2, 0) is 0 Å². The van der Waals surface area contributed by atoms with Crippen LogP contribution >= 0.6 is 0 Å². The van der Waals surface area contributed by atoms with Gasteiger partial charge in [-0.05, 0) is 50.6 Å². The first-order valence-corrected chi connectivity index (χ1v) is 6.86. The lowest BCUT2D eigenvalue weighted by Crippen LogP contribution is -2.37. The zero-order valence-electron chi connectivity index (χ0n) is 11.8. The van der Waals surface area contributed by atoms with Crippen molar-refractivity contribution in [1.82, 2.24) is 4.90 Å². The molecule has 0 aromatic heterocycles. The van der Waals surface area contributed by atoms with Gasteiger partial charge in [0.05, 0.1) is 0 Å². The van der Waals surface area contributed by atoms with E-state index >= 15 is 0 Å². The molecule has 2 rings (SSSR count). The second kappa shape index (κ2) is 5.72. The maximum atomic E-state index is 6.19. The van der Waals surface area contributed by atoms with E-state index in [-0.39, 0.29) is 6.04 Å². The van der Waals surface area contributed by atoms with E-state index in [1.165, 1.54) is 37.2 Å². The molecule has 100 valence electrons. The van der Waals surface area contributed by atoms with Crippen molar-refractivity contribution in [2.45, 2.75) is 31.8 Å². The van der Waals surface area contributed by atoms with Crippen LogP contribution in [0.2, 0.25) is 0 Å². The van der Waals surface area contributed by atoms with E-state index in [1.54, 1.807) is 0 Å². The summed E-state index contributed by atoms with van der Waals surface area (Å²) in [7, 11) is 4.14. The summed E-state index contributed by atoms with van der Waals surface area (Å²) in [5.41, 5.74) is 8.78. The maximum absolute atomic E-state index is 6.19. The van der Waals surface area contributed by atoms with Gasteiger partial charge in [0, 0.05) is 31.9 Å². The second-order valence-corrected chi connectivity index (χ2v) is 5.53. The Hall–Kier alpha value is -1.06. The van der Waals surface area contributed by atoms with E-state index in [0.29, 0.717) is 6.04 Å². The molecule has 18 heavy (non-hydrogen) atoms. The van der Waals surface area contributed by atoms with Crippen molar-refractivity contribution >= 4 is 5.69 Å². The Balaban J connectivity index is 2.19. The van der Waals surface area contributed by atoms with Gasteiger partial charge in [0.2, 0.25) is 0 Å². The summed E-state index contributed by atoms with van der Waals surface area (Å²) in [5, 5.41) is 0. The fourth-order valence-corrected chi connectivity index (χ4v) is 2.84. The Labute approximate surface area is 111 Å². The van der Waals surface area contributed by atoms with Crippen LogP contribution in [-0.4, -0.2) is 38.1 Å². The standard InChI is InChI=1S/C15H25N3/c1-12(16)15(18-10-4-5-11-18)13-6-8-14(9-7-13)17(2)3/h6-9,12,15H,4-5,10-11,16H2,1-3H3. The molecular weight excluding hydrogens is 222 g/mol. The van der Waals surface area contributed by atoms with E-state index in [9.17, 15) is 0 Å². The predicted molar refractivity (Wildman–Crippen MR) is 78.0 cm³/mol. The van der Waals surface area contributed by atoms with E-state index in [0.717, 1.165) is 0 Å². The van der Waals surface area contributed by atoms with Gasteiger partial charge in [0.25, 0.3) is 0 Å². The molecule has 0 amide bonds. The molecule has 3 nitrogen and oxygen atoms in total. The van der Waals surface area contributed by atoms with Gasteiger partial charge in [0.15, 0.2) is 0 Å². The number of likely N-dealkylation sites (tertiary alicyclic amines) is 1. The van der Waals surface area contributed by atoms with Crippen molar-refractivity contribution in [3.8, 4) is 0 Å². The minimum absolute atomic E-state index is 0.174. The van der Waals surface area contributed by atoms with Gasteiger partial charge in [-0.3, -0.25) is 4.90 Å². The Morgan fingerprint density at radius 2 is 1.67 bits per heavy atom. The van der Waals surface area contributed by atoms with E-state index < -0.39 is 0 Å². The van der Waals surface area contributed by atoms with Crippen LogP contribution in [0.1, 0.15) is 31.4 Å². The van der Waals surface area contributed by atoms with Gasteiger partial charge >= 0.3 is 0 Å². The number of anilines is 1. The molecule has 0 aliphatic carbocycles. The molecule has 0 bridgehead atoms. The molecule has 1 heterocycles. The van der Waals surface area contributed by atoms with Gasteiger partial charge in [-0.15, -0.1) is 0 Å². The number of hydrogen-bond acceptors (Lipinski definition) is 3. The smallest absolute Gasteiger partial charge is 0.0496 e. The first-order chi connectivity index (χ1) is 8.59.